The molecule has 1 heterocycles. The number of nitrogens with one attached hydrogen (secondary N) is 2. The summed E-state index contributed by atoms with van der Waals surface area (Å²) in [5, 5.41) is 5.69. The average molecular weight is 312 g/mol. The van der Waals surface area contributed by atoms with Crippen molar-refractivity contribution in [3.63, 3.8) is 0 Å². The van der Waals surface area contributed by atoms with Crippen LogP contribution < -0.4 is 10.6 Å². The molecule has 1 fully saturated rings. The second-order valence-electron chi connectivity index (χ2n) is 6.12. The van der Waals surface area contributed by atoms with E-state index < -0.39 is 5.41 Å². The highest BCUT2D eigenvalue weighted by molar-refractivity contribution is 6.13. The smallest absolute Gasteiger partial charge is 0.240 e. The molecule has 3 rings (SSSR count). The molecule has 0 radical (unpaired) electrons. The minimum Gasteiger partial charge on any atom is -0.467 e. The second kappa shape index (κ2) is 5.91. The van der Waals surface area contributed by atoms with E-state index in [0.29, 0.717) is 25.1 Å². The fourth-order valence-electron chi connectivity index (χ4n) is 2.54. The zero-order valence-electron chi connectivity index (χ0n) is 13.3. The maximum Gasteiger partial charge on any atom is 0.240 e. The molecule has 0 aliphatic heterocycles. The van der Waals surface area contributed by atoms with Gasteiger partial charge in [-0.05, 0) is 56.0 Å². The topological polar surface area (TPSA) is 71.3 Å². The van der Waals surface area contributed by atoms with Gasteiger partial charge in [0.2, 0.25) is 11.8 Å². The third-order valence-electron chi connectivity index (χ3n) is 4.26. The van der Waals surface area contributed by atoms with Crippen LogP contribution in [-0.4, -0.2) is 11.8 Å². The molecule has 0 atom stereocenters. The maximum atomic E-state index is 12.6. The van der Waals surface area contributed by atoms with E-state index in [4.69, 9.17) is 4.42 Å². The molecule has 1 aliphatic rings. The molecule has 2 N–H and O–H groups in total. The summed E-state index contributed by atoms with van der Waals surface area (Å²) in [6.45, 7) is 4.20. The van der Waals surface area contributed by atoms with Gasteiger partial charge in [0.05, 0.1) is 12.8 Å². The van der Waals surface area contributed by atoms with Crippen LogP contribution in [0.2, 0.25) is 0 Å². The van der Waals surface area contributed by atoms with E-state index in [1.165, 1.54) is 0 Å². The largest absolute Gasteiger partial charge is 0.467 e. The van der Waals surface area contributed by atoms with Gasteiger partial charge in [-0.1, -0.05) is 12.1 Å². The summed E-state index contributed by atoms with van der Waals surface area (Å²) in [5.74, 6) is 0.198. The summed E-state index contributed by atoms with van der Waals surface area (Å²) >= 11 is 0. The lowest BCUT2D eigenvalue weighted by Gasteiger charge is -2.16. The van der Waals surface area contributed by atoms with Crippen LogP contribution in [0.15, 0.2) is 41.0 Å². The Balaban J connectivity index is 1.66. The van der Waals surface area contributed by atoms with Crippen LogP contribution in [0, 0.1) is 19.3 Å². The van der Waals surface area contributed by atoms with Gasteiger partial charge in [-0.3, -0.25) is 9.59 Å². The van der Waals surface area contributed by atoms with Gasteiger partial charge in [0, 0.05) is 5.69 Å². The number of benzene rings is 1. The lowest BCUT2D eigenvalue weighted by molar-refractivity contribution is -0.134. The Labute approximate surface area is 135 Å². The van der Waals surface area contributed by atoms with Crippen LogP contribution in [0.3, 0.4) is 0 Å². The zero-order valence-corrected chi connectivity index (χ0v) is 13.3. The van der Waals surface area contributed by atoms with Gasteiger partial charge in [0.1, 0.15) is 11.2 Å². The highest BCUT2D eigenvalue weighted by Crippen LogP contribution is 2.47. The Morgan fingerprint density at radius 3 is 2.61 bits per heavy atom. The number of furan rings is 1. The van der Waals surface area contributed by atoms with Crippen molar-refractivity contribution >= 4 is 17.5 Å². The van der Waals surface area contributed by atoms with Crippen LogP contribution in [0.5, 0.6) is 0 Å². The van der Waals surface area contributed by atoms with Crippen LogP contribution in [0.1, 0.15) is 29.7 Å². The summed E-state index contributed by atoms with van der Waals surface area (Å²) in [6.07, 6.45) is 2.71. The monoisotopic (exact) mass is 312 g/mol. The van der Waals surface area contributed by atoms with Crippen molar-refractivity contribution in [2.75, 3.05) is 5.32 Å². The molecule has 2 aromatic rings. The number of aryl methyl sites for hydroxylation is 2. The summed E-state index contributed by atoms with van der Waals surface area (Å²) in [7, 11) is 0. The quantitative estimate of drug-likeness (QED) is 0.834. The standard InChI is InChI=1S/C18H20N2O3/c1-12-5-6-13(2)15(10-12)20-17(22)18(7-8-18)16(21)19-11-14-4-3-9-23-14/h3-6,9-10H,7-8,11H2,1-2H3,(H,19,21)(H,20,22). The molecular weight excluding hydrogens is 292 g/mol. The molecule has 1 saturated carbocycles. The Bertz CT molecular complexity index is 731. The van der Waals surface area contributed by atoms with Gasteiger partial charge in [-0.2, -0.15) is 0 Å². The van der Waals surface area contributed by atoms with Crippen molar-refractivity contribution in [2.24, 2.45) is 5.41 Å². The summed E-state index contributed by atoms with van der Waals surface area (Å²) in [4.78, 5) is 25.0. The van der Waals surface area contributed by atoms with E-state index >= 15 is 0 Å². The molecule has 5 heteroatoms. The molecule has 2 amide bonds. The highest BCUT2D eigenvalue weighted by Gasteiger charge is 2.56. The number of rotatable bonds is 5. The lowest BCUT2D eigenvalue weighted by atomic mass is 10.0. The van der Waals surface area contributed by atoms with Crippen molar-refractivity contribution in [1.29, 1.82) is 0 Å². The molecule has 5 nitrogen and oxygen atoms in total. The third-order valence-corrected chi connectivity index (χ3v) is 4.26. The van der Waals surface area contributed by atoms with Gasteiger partial charge in [-0.15, -0.1) is 0 Å². The van der Waals surface area contributed by atoms with Crippen molar-refractivity contribution < 1.29 is 14.0 Å². The number of hydrogen-bond acceptors (Lipinski definition) is 3. The first-order valence-electron chi connectivity index (χ1n) is 7.71. The van der Waals surface area contributed by atoms with Crippen LogP contribution in [-0.2, 0) is 16.1 Å². The van der Waals surface area contributed by atoms with E-state index in [-0.39, 0.29) is 11.8 Å². The first-order chi connectivity index (χ1) is 11.0. The van der Waals surface area contributed by atoms with Crippen molar-refractivity contribution in [3.8, 4) is 0 Å². The number of hydrogen-bond donors (Lipinski definition) is 2. The molecule has 1 aromatic carbocycles. The Kier molecular flexibility index (Phi) is 3.94. The molecule has 1 aromatic heterocycles. The Morgan fingerprint density at radius 2 is 1.96 bits per heavy atom. The SMILES string of the molecule is Cc1ccc(C)c(NC(=O)C2(C(=O)NCc3ccco3)CC2)c1. The zero-order chi connectivity index (χ0) is 16.4. The van der Waals surface area contributed by atoms with Crippen LogP contribution in [0.4, 0.5) is 5.69 Å². The molecule has 0 bridgehead atoms. The predicted octanol–water partition coefficient (Wildman–Crippen LogP) is 2.93. The van der Waals surface area contributed by atoms with Gasteiger partial charge in [-0.25, -0.2) is 0 Å². The number of amides is 2. The van der Waals surface area contributed by atoms with Crippen molar-refractivity contribution in [1.82, 2.24) is 5.32 Å². The first-order valence-corrected chi connectivity index (χ1v) is 7.71. The van der Waals surface area contributed by atoms with Crippen LogP contribution in [0.25, 0.3) is 0 Å². The van der Waals surface area contributed by atoms with E-state index in [0.717, 1.165) is 16.8 Å². The molecule has 0 saturated heterocycles. The number of carbonyl (C=O) groups excluding carboxylic acids is 2. The fraction of sp³-hybridized carbons (Fsp3) is 0.333. The van der Waals surface area contributed by atoms with Crippen LogP contribution >= 0.6 is 0 Å². The minimum absolute atomic E-state index is 0.233. The average Bonchev–Trinajstić information content (AvgIpc) is 3.18. The fourth-order valence-corrected chi connectivity index (χ4v) is 2.54. The summed E-state index contributed by atoms with van der Waals surface area (Å²) in [5.41, 5.74) is 1.87. The van der Waals surface area contributed by atoms with Gasteiger partial charge >= 0.3 is 0 Å². The molecular formula is C18H20N2O3. The van der Waals surface area contributed by atoms with E-state index in [2.05, 4.69) is 10.6 Å². The van der Waals surface area contributed by atoms with Crippen molar-refractivity contribution in [2.45, 2.75) is 33.2 Å². The molecule has 1 aliphatic carbocycles. The van der Waals surface area contributed by atoms with Gasteiger partial charge in [0.15, 0.2) is 0 Å². The predicted molar refractivity (Wildman–Crippen MR) is 86.8 cm³/mol. The van der Waals surface area contributed by atoms with Gasteiger partial charge < -0.3 is 15.1 Å². The number of carbonyl (C=O) groups is 2. The van der Waals surface area contributed by atoms with E-state index in [9.17, 15) is 9.59 Å². The third kappa shape index (κ3) is 3.13. The Morgan fingerprint density at radius 1 is 1.17 bits per heavy atom. The maximum absolute atomic E-state index is 12.6. The normalized spacial score (nSPS) is 15.0. The van der Waals surface area contributed by atoms with Crippen molar-refractivity contribution in [3.05, 3.63) is 53.5 Å². The minimum atomic E-state index is -0.942. The molecule has 0 spiro atoms. The van der Waals surface area contributed by atoms with E-state index in [1.807, 2.05) is 32.0 Å². The molecule has 120 valence electrons. The Hall–Kier alpha value is -2.56. The second-order valence-corrected chi connectivity index (χ2v) is 6.12. The lowest BCUT2D eigenvalue weighted by Crippen LogP contribution is -2.39. The van der Waals surface area contributed by atoms with E-state index in [1.54, 1.807) is 18.4 Å². The molecule has 0 unspecified atom stereocenters. The van der Waals surface area contributed by atoms with Gasteiger partial charge in [0.25, 0.3) is 0 Å². The molecule has 23 heavy (non-hydrogen) atoms. The first kappa shape index (κ1) is 15.3. The highest BCUT2D eigenvalue weighted by atomic mass is 16.3. The summed E-state index contributed by atoms with van der Waals surface area (Å²) < 4.78 is 5.19. The number of anilines is 1. The summed E-state index contributed by atoms with van der Waals surface area (Å²) in [6, 6.07) is 9.43.